The van der Waals surface area contributed by atoms with Crippen LogP contribution in [0.25, 0.3) is 0 Å². The van der Waals surface area contributed by atoms with Gasteiger partial charge in [0.2, 0.25) is 5.91 Å². The SMILES string of the molecule is CC1NC(C2CCCC2)N(CCCN2CCCC2)C1=O. The van der Waals surface area contributed by atoms with Crippen LogP contribution in [0.15, 0.2) is 0 Å². The number of amides is 1. The van der Waals surface area contributed by atoms with Gasteiger partial charge < -0.3 is 9.80 Å². The zero-order valence-corrected chi connectivity index (χ0v) is 12.8. The van der Waals surface area contributed by atoms with Crippen molar-refractivity contribution in [2.45, 2.75) is 64.1 Å². The van der Waals surface area contributed by atoms with Crippen molar-refractivity contribution in [3.05, 3.63) is 0 Å². The summed E-state index contributed by atoms with van der Waals surface area (Å²) in [5, 5.41) is 3.54. The fourth-order valence-electron chi connectivity index (χ4n) is 4.19. The minimum absolute atomic E-state index is 0.0207. The van der Waals surface area contributed by atoms with Crippen LogP contribution in [-0.2, 0) is 4.79 Å². The molecule has 2 unspecified atom stereocenters. The lowest BCUT2D eigenvalue weighted by Crippen LogP contribution is -2.43. The van der Waals surface area contributed by atoms with Crippen LogP contribution in [-0.4, -0.2) is 54.1 Å². The van der Waals surface area contributed by atoms with E-state index in [1.54, 1.807) is 0 Å². The molecular formula is C16H29N3O. The van der Waals surface area contributed by atoms with Crippen LogP contribution in [0, 0.1) is 5.92 Å². The van der Waals surface area contributed by atoms with Gasteiger partial charge in [0.15, 0.2) is 0 Å². The van der Waals surface area contributed by atoms with Crippen LogP contribution in [0.3, 0.4) is 0 Å². The zero-order chi connectivity index (χ0) is 13.9. The van der Waals surface area contributed by atoms with Gasteiger partial charge in [0.25, 0.3) is 0 Å². The molecule has 1 aliphatic carbocycles. The highest BCUT2D eigenvalue weighted by Gasteiger charge is 2.40. The molecule has 2 saturated heterocycles. The van der Waals surface area contributed by atoms with E-state index in [-0.39, 0.29) is 6.04 Å². The minimum Gasteiger partial charge on any atom is -0.325 e. The van der Waals surface area contributed by atoms with E-state index in [0.717, 1.165) is 19.5 Å². The van der Waals surface area contributed by atoms with Gasteiger partial charge in [-0.2, -0.15) is 0 Å². The first-order valence-electron chi connectivity index (χ1n) is 8.54. The van der Waals surface area contributed by atoms with Crippen LogP contribution in [0.2, 0.25) is 0 Å². The quantitative estimate of drug-likeness (QED) is 0.833. The number of likely N-dealkylation sites (tertiary alicyclic amines) is 1. The third kappa shape index (κ3) is 3.01. The third-order valence-corrected chi connectivity index (χ3v) is 5.33. The van der Waals surface area contributed by atoms with Gasteiger partial charge in [-0.25, -0.2) is 0 Å². The van der Waals surface area contributed by atoms with Crippen molar-refractivity contribution in [1.29, 1.82) is 0 Å². The maximum absolute atomic E-state index is 12.3. The second-order valence-corrected chi connectivity index (χ2v) is 6.81. The van der Waals surface area contributed by atoms with E-state index >= 15 is 0 Å². The summed E-state index contributed by atoms with van der Waals surface area (Å²) < 4.78 is 0. The molecule has 2 heterocycles. The molecule has 2 aliphatic heterocycles. The van der Waals surface area contributed by atoms with Crippen LogP contribution < -0.4 is 5.32 Å². The Morgan fingerprint density at radius 1 is 1.10 bits per heavy atom. The number of carbonyl (C=O) groups is 1. The molecule has 1 N–H and O–H groups in total. The van der Waals surface area contributed by atoms with Gasteiger partial charge >= 0.3 is 0 Å². The summed E-state index contributed by atoms with van der Waals surface area (Å²) in [6, 6.07) is 0.0207. The Kier molecular flexibility index (Phi) is 4.61. The predicted molar refractivity (Wildman–Crippen MR) is 80.3 cm³/mol. The lowest BCUT2D eigenvalue weighted by Gasteiger charge is -2.29. The Balaban J connectivity index is 1.52. The molecule has 1 saturated carbocycles. The fourth-order valence-corrected chi connectivity index (χ4v) is 4.19. The molecule has 3 rings (SSSR count). The molecule has 0 aromatic rings. The van der Waals surface area contributed by atoms with Crippen molar-refractivity contribution < 1.29 is 4.79 Å². The maximum Gasteiger partial charge on any atom is 0.240 e. The molecule has 114 valence electrons. The van der Waals surface area contributed by atoms with E-state index in [1.165, 1.54) is 51.6 Å². The largest absolute Gasteiger partial charge is 0.325 e. The van der Waals surface area contributed by atoms with Crippen molar-refractivity contribution in [1.82, 2.24) is 15.1 Å². The normalized spacial score (nSPS) is 32.6. The average molecular weight is 279 g/mol. The van der Waals surface area contributed by atoms with Crippen molar-refractivity contribution in [2.24, 2.45) is 5.92 Å². The van der Waals surface area contributed by atoms with Crippen molar-refractivity contribution in [3.63, 3.8) is 0 Å². The highest BCUT2D eigenvalue weighted by molar-refractivity contribution is 5.83. The zero-order valence-electron chi connectivity index (χ0n) is 12.8. The molecule has 20 heavy (non-hydrogen) atoms. The van der Waals surface area contributed by atoms with Gasteiger partial charge in [-0.1, -0.05) is 12.8 Å². The summed E-state index contributed by atoms with van der Waals surface area (Å²) >= 11 is 0. The molecule has 3 aliphatic rings. The Bertz CT molecular complexity index is 335. The van der Waals surface area contributed by atoms with Crippen molar-refractivity contribution in [2.75, 3.05) is 26.2 Å². The van der Waals surface area contributed by atoms with E-state index in [0.29, 0.717) is 18.0 Å². The molecule has 0 radical (unpaired) electrons. The summed E-state index contributed by atoms with van der Waals surface area (Å²) in [5.41, 5.74) is 0. The topological polar surface area (TPSA) is 35.6 Å². The van der Waals surface area contributed by atoms with E-state index < -0.39 is 0 Å². The second-order valence-electron chi connectivity index (χ2n) is 6.81. The van der Waals surface area contributed by atoms with E-state index in [2.05, 4.69) is 15.1 Å². The van der Waals surface area contributed by atoms with Crippen LogP contribution in [0.4, 0.5) is 0 Å². The average Bonchev–Trinajstić information content (AvgIpc) is 3.15. The second kappa shape index (κ2) is 6.44. The number of nitrogens with zero attached hydrogens (tertiary/aromatic N) is 2. The minimum atomic E-state index is 0.0207. The summed E-state index contributed by atoms with van der Waals surface area (Å²) in [5.74, 6) is 1.01. The van der Waals surface area contributed by atoms with Gasteiger partial charge in [-0.3, -0.25) is 10.1 Å². The molecule has 0 spiro atoms. The molecule has 4 heteroatoms. The van der Waals surface area contributed by atoms with E-state index in [1.807, 2.05) is 6.92 Å². The number of nitrogens with one attached hydrogen (secondary N) is 1. The summed E-state index contributed by atoms with van der Waals surface area (Å²) in [7, 11) is 0. The molecule has 2 atom stereocenters. The van der Waals surface area contributed by atoms with Gasteiger partial charge in [0.05, 0.1) is 12.2 Å². The van der Waals surface area contributed by atoms with Crippen LogP contribution in [0.1, 0.15) is 51.9 Å². The molecule has 0 aromatic carbocycles. The molecular weight excluding hydrogens is 250 g/mol. The standard InChI is InChI=1S/C16H29N3O/c1-13-16(20)19(12-6-11-18-9-4-5-10-18)15(17-13)14-7-2-3-8-14/h13-15,17H,2-12H2,1H3. The highest BCUT2D eigenvalue weighted by atomic mass is 16.2. The molecule has 4 nitrogen and oxygen atoms in total. The lowest BCUT2D eigenvalue weighted by atomic mass is 10.0. The number of hydrogen-bond donors (Lipinski definition) is 1. The monoisotopic (exact) mass is 279 g/mol. The van der Waals surface area contributed by atoms with Crippen molar-refractivity contribution in [3.8, 4) is 0 Å². The van der Waals surface area contributed by atoms with Crippen LogP contribution >= 0.6 is 0 Å². The lowest BCUT2D eigenvalue weighted by molar-refractivity contribution is -0.130. The van der Waals surface area contributed by atoms with Crippen LogP contribution in [0.5, 0.6) is 0 Å². The van der Waals surface area contributed by atoms with Gasteiger partial charge in [-0.05, 0) is 64.6 Å². The number of hydrogen-bond acceptors (Lipinski definition) is 3. The van der Waals surface area contributed by atoms with Gasteiger partial charge in [-0.15, -0.1) is 0 Å². The van der Waals surface area contributed by atoms with Gasteiger partial charge in [0.1, 0.15) is 0 Å². The molecule has 3 fully saturated rings. The first kappa shape index (κ1) is 14.3. The highest BCUT2D eigenvalue weighted by Crippen LogP contribution is 2.32. The first-order valence-corrected chi connectivity index (χ1v) is 8.54. The summed E-state index contributed by atoms with van der Waals surface area (Å²) in [6.07, 6.45) is 9.42. The first-order chi connectivity index (χ1) is 9.75. The molecule has 0 bridgehead atoms. The van der Waals surface area contributed by atoms with E-state index in [4.69, 9.17) is 0 Å². The van der Waals surface area contributed by atoms with E-state index in [9.17, 15) is 4.79 Å². The smallest absolute Gasteiger partial charge is 0.240 e. The Hall–Kier alpha value is -0.610. The molecule has 0 aromatic heterocycles. The maximum atomic E-state index is 12.3. The predicted octanol–water partition coefficient (Wildman–Crippen LogP) is 1.81. The third-order valence-electron chi connectivity index (χ3n) is 5.33. The van der Waals surface area contributed by atoms with Gasteiger partial charge in [0, 0.05) is 6.54 Å². The fraction of sp³-hybridized carbons (Fsp3) is 0.938. The van der Waals surface area contributed by atoms with Crippen molar-refractivity contribution >= 4 is 5.91 Å². The number of rotatable bonds is 5. The molecule has 1 amide bonds. The number of carbonyl (C=O) groups excluding carboxylic acids is 1. The Morgan fingerprint density at radius 2 is 1.80 bits per heavy atom. The Morgan fingerprint density at radius 3 is 2.50 bits per heavy atom. The Labute approximate surface area is 122 Å². The summed E-state index contributed by atoms with van der Waals surface area (Å²) in [6.45, 7) is 6.64. The summed E-state index contributed by atoms with van der Waals surface area (Å²) in [4.78, 5) is 17.0.